The predicted octanol–water partition coefficient (Wildman–Crippen LogP) is 5.65. The smallest absolute Gasteiger partial charge is 0.410 e. The van der Waals surface area contributed by atoms with Crippen molar-refractivity contribution in [1.82, 2.24) is 10.2 Å². The average molecular weight is 476 g/mol. The lowest BCUT2D eigenvalue weighted by molar-refractivity contribution is 0.0256. The zero-order valence-electron chi connectivity index (χ0n) is 15.4. The van der Waals surface area contributed by atoms with E-state index in [9.17, 15) is 4.79 Å². The molecule has 2 atom stereocenters. The highest BCUT2D eigenvalue weighted by Gasteiger charge is 2.26. The highest BCUT2D eigenvalue weighted by Crippen LogP contribution is 2.28. The highest BCUT2D eigenvalue weighted by molar-refractivity contribution is 9.11. The van der Waals surface area contributed by atoms with Crippen molar-refractivity contribution >= 4 is 38.0 Å². The van der Waals surface area contributed by atoms with Crippen molar-refractivity contribution in [2.24, 2.45) is 0 Å². The van der Waals surface area contributed by atoms with Gasteiger partial charge in [0.25, 0.3) is 0 Å². The Morgan fingerprint density at radius 3 is 2.64 bits per heavy atom. The van der Waals surface area contributed by atoms with Gasteiger partial charge in [-0.15, -0.1) is 0 Å². The minimum atomic E-state index is -0.441. The monoisotopic (exact) mass is 474 g/mol. The van der Waals surface area contributed by atoms with Gasteiger partial charge in [0.05, 0.1) is 0 Å². The van der Waals surface area contributed by atoms with Gasteiger partial charge in [0.15, 0.2) is 0 Å². The molecule has 1 saturated heterocycles. The first-order valence-corrected chi connectivity index (χ1v) is 10.4. The van der Waals surface area contributed by atoms with Crippen LogP contribution in [0.3, 0.4) is 0 Å². The molecule has 25 heavy (non-hydrogen) atoms. The number of ether oxygens (including phenoxy) is 1. The van der Waals surface area contributed by atoms with Gasteiger partial charge in [-0.1, -0.05) is 37.9 Å². The third-order valence-electron chi connectivity index (χ3n) is 4.29. The third-order valence-corrected chi connectivity index (χ3v) is 5.47. The van der Waals surface area contributed by atoms with Crippen LogP contribution in [0.4, 0.5) is 4.79 Å². The molecule has 0 radical (unpaired) electrons. The van der Waals surface area contributed by atoms with Gasteiger partial charge in [0.1, 0.15) is 5.60 Å². The Morgan fingerprint density at radius 1 is 1.28 bits per heavy atom. The molecule has 1 fully saturated rings. The topological polar surface area (TPSA) is 41.6 Å². The second-order valence-electron chi connectivity index (χ2n) is 7.65. The molecule has 0 bridgehead atoms. The van der Waals surface area contributed by atoms with E-state index >= 15 is 0 Å². The summed E-state index contributed by atoms with van der Waals surface area (Å²) in [6.07, 6.45) is 2.80. The summed E-state index contributed by atoms with van der Waals surface area (Å²) in [6.45, 7) is 9.41. The fourth-order valence-electron chi connectivity index (χ4n) is 3.07. The molecule has 1 aliphatic heterocycles. The number of likely N-dealkylation sites (tertiary alicyclic amines) is 1. The molecular formula is C19H28Br2N2O2. The number of benzene rings is 1. The number of nitrogens with one attached hydrogen (secondary N) is 1. The average Bonchev–Trinajstić information content (AvgIpc) is 2.71. The van der Waals surface area contributed by atoms with Crippen LogP contribution >= 0.6 is 31.9 Å². The van der Waals surface area contributed by atoms with Crippen LogP contribution in [0.5, 0.6) is 0 Å². The number of carbonyl (C=O) groups excluding carboxylic acids is 1. The Labute approximate surface area is 167 Å². The van der Waals surface area contributed by atoms with E-state index in [4.69, 9.17) is 4.74 Å². The molecule has 1 aliphatic rings. The van der Waals surface area contributed by atoms with Crippen LogP contribution in [-0.2, 0) is 4.74 Å². The SMILES string of the molecule is CC(NC1CCCN(C(=O)OC(C)(C)C)CC1)c1ccc(Br)cc1Br. The van der Waals surface area contributed by atoms with Gasteiger partial charge in [-0.2, -0.15) is 0 Å². The molecule has 1 heterocycles. The molecule has 4 nitrogen and oxygen atoms in total. The fraction of sp³-hybridized carbons (Fsp3) is 0.632. The van der Waals surface area contributed by atoms with Crippen LogP contribution in [0.15, 0.2) is 27.1 Å². The minimum Gasteiger partial charge on any atom is -0.444 e. The van der Waals surface area contributed by atoms with E-state index < -0.39 is 5.60 Å². The normalized spacial score (nSPS) is 20.1. The number of nitrogens with zero attached hydrogens (tertiary/aromatic N) is 1. The maximum atomic E-state index is 12.3. The van der Waals surface area contributed by atoms with E-state index in [0.717, 1.165) is 41.3 Å². The summed E-state index contributed by atoms with van der Waals surface area (Å²) in [5.74, 6) is 0. The Balaban J connectivity index is 1.91. The van der Waals surface area contributed by atoms with Gasteiger partial charge in [-0.25, -0.2) is 4.79 Å². The summed E-state index contributed by atoms with van der Waals surface area (Å²) in [5, 5.41) is 3.72. The first kappa shape index (κ1) is 20.7. The van der Waals surface area contributed by atoms with E-state index in [1.54, 1.807) is 0 Å². The Kier molecular flexibility index (Phi) is 7.35. The largest absolute Gasteiger partial charge is 0.444 e. The number of hydrogen-bond acceptors (Lipinski definition) is 3. The summed E-state index contributed by atoms with van der Waals surface area (Å²) >= 11 is 7.14. The van der Waals surface area contributed by atoms with Crippen molar-refractivity contribution in [3.8, 4) is 0 Å². The summed E-state index contributed by atoms with van der Waals surface area (Å²) < 4.78 is 7.67. The molecule has 0 saturated carbocycles. The number of rotatable bonds is 3. The van der Waals surface area contributed by atoms with E-state index in [-0.39, 0.29) is 12.1 Å². The first-order valence-electron chi connectivity index (χ1n) is 8.84. The van der Waals surface area contributed by atoms with Crippen LogP contribution in [0.25, 0.3) is 0 Å². The molecule has 1 N–H and O–H groups in total. The molecule has 2 rings (SSSR count). The van der Waals surface area contributed by atoms with Gasteiger partial charge < -0.3 is 15.0 Å². The molecule has 1 aromatic carbocycles. The first-order chi connectivity index (χ1) is 11.7. The van der Waals surface area contributed by atoms with Crippen molar-refractivity contribution in [1.29, 1.82) is 0 Å². The summed E-state index contributed by atoms with van der Waals surface area (Å²) in [6, 6.07) is 6.93. The Hall–Kier alpha value is -0.590. The van der Waals surface area contributed by atoms with Crippen molar-refractivity contribution in [3.05, 3.63) is 32.7 Å². The zero-order chi connectivity index (χ0) is 18.6. The lowest BCUT2D eigenvalue weighted by atomic mass is 10.0. The third kappa shape index (κ3) is 6.57. The van der Waals surface area contributed by atoms with Crippen LogP contribution in [0.2, 0.25) is 0 Å². The van der Waals surface area contributed by atoms with Gasteiger partial charge in [0, 0.05) is 34.1 Å². The molecule has 1 aromatic rings. The maximum absolute atomic E-state index is 12.3. The number of amides is 1. The lowest BCUT2D eigenvalue weighted by Crippen LogP contribution is -2.38. The lowest BCUT2D eigenvalue weighted by Gasteiger charge is -2.27. The zero-order valence-corrected chi connectivity index (χ0v) is 18.6. The van der Waals surface area contributed by atoms with Crippen LogP contribution in [0, 0.1) is 0 Å². The van der Waals surface area contributed by atoms with E-state index in [2.05, 4.69) is 62.3 Å². The van der Waals surface area contributed by atoms with Crippen molar-refractivity contribution in [2.45, 2.75) is 64.6 Å². The van der Waals surface area contributed by atoms with Crippen LogP contribution < -0.4 is 5.32 Å². The molecule has 1 amide bonds. The van der Waals surface area contributed by atoms with Gasteiger partial charge in [-0.3, -0.25) is 0 Å². The quantitative estimate of drug-likeness (QED) is 0.613. The van der Waals surface area contributed by atoms with E-state index in [1.165, 1.54) is 5.56 Å². The van der Waals surface area contributed by atoms with Crippen molar-refractivity contribution in [2.75, 3.05) is 13.1 Å². The van der Waals surface area contributed by atoms with Crippen molar-refractivity contribution in [3.63, 3.8) is 0 Å². The number of halogens is 2. The van der Waals surface area contributed by atoms with Gasteiger partial charge in [0.2, 0.25) is 0 Å². The number of hydrogen-bond donors (Lipinski definition) is 1. The molecule has 6 heteroatoms. The minimum absolute atomic E-state index is 0.197. The summed E-state index contributed by atoms with van der Waals surface area (Å²) in [5.41, 5.74) is 0.806. The second-order valence-corrected chi connectivity index (χ2v) is 9.42. The molecule has 0 aliphatic carbocycles. The highest BCUT2D eigenvalue weighted by atomic mass is 79.9. The van der Waals surface area contributed by atoms with Crippen LogP contribution in [-0.4, -0.2) is 35.7 Å². The fourth-order valence-corrected chi connectivity index (χ4v) is 4.46. The summed E-state index contributed by atoms with van der Waals surface area (Å²) in [4.78, 5) is 14.1. The molecule has 2 unspecified atom stereocenters. The predicted molar refractivity (Wildman–Crippen MR) is 109 cm³/mol. The maximum Gasteiger partial charge on any atom is 0.410 e. The van der Waals surface area contributed by atoms with E-state index in [0.29, 0.717) is 6.04 Å². The standard InChI is InChI=1S/C19H28Br2N2O2/c1-13(16-8-7-14(20)12-17(16)21)22-15-6-5-10-23(11-9-15)18(24)25-19(2,3)4/h7-8,12-13,15,22H,5-6,9-11H2,1-4H3. The molecule has 0 spiro atoms. The summed E-state index contributed by atoms with van der Waals surface area (Å²) in [7, 11) is 0. The molecular weight excluding hydrogens is 448 g/mol. The number of carbonyl (C=O) groups is 1. The molecule has 140 valence electrons. The van der Waals surface area contributed by atoms with Gasteiger partial charge >= 0.3 is 6.09 Å². The Bertz CT molecular complexity index is 602. The Morgan fingerprint density at radius 2 is 2.00 bits per heavy atom. The second kappa shape index (κ2) is 8.87. The van der Waals surface area contributed by atoms with Crippen LogP contribution in [0.1, 0.15) is 58.6 Å². The van der Waals surface area contributed by atoms with E-state index in [1.807, 2.05) is 25.7 Å². The molecule has 0 aromatic heterocycles. The van der Waals surface area contributed by atoms with Crippen molar-refractivity contribution < 1.29 is 9.53 Å². The van der Waals surface area contributed by atoms with Gasteiger partial charge in [-0.05, 0) is 64.7 Å².